The van der Waals surface area contributed by atoms with E-state index in [0.29, 0.717) is 16.7 Å². The fraction of sp³-hybridized carbons (Fsp3) is 0.350. The van der Waals surface area contributed by atoms with Crippen molar-refractivity contribution in [3.8, 4) is 5.75 Å². The third-order valence-electron chi connectivity index (χ3n) is 4.09. The molecule has 0 aliphatic carbocycles. The number of benzene rings is 2. The lowest BCUT2D eigenvalue weighted by molar-refractivity contribution is -0.128. The molecule has 0 aliphatic heterocycles. The van der Waals surface area contributed by atoms with E-state index in [9.17, 15) is 4.79 Å². The molecule has 1 amide bonds. The first-order chi connectivity index (χ1) is 11.3. The molecule has 0 heterocycles. The topological polar surface area (TPSA) is 38.3 Å². The minimum absolute atomic E-state index is 0.187. The summed E-state index contributed by atoms with van der Waals surface area (Å²) in [6.07, 6.45) is 1.01. The summed E-state index contributed by atoms with van der Waals surface area (Å²) in [4.78, 5) is 12.7. The predicted octanol–water partition coefficient (Wildman–Crippen LogP) is 5.65. The zero-order valence-electron chi connectivity index (χ0n) is 14.6. The second-order valence-electron chi connectivity index (χ2n) is 6.42. The van der Waals surface area contributed by atoms with Crippen molar-refractivity contribution >= 4 is 23.2 Å². The van der Waals surface area contributed by atoms with Crippen LogP contribution in [0.15, 0.2) is 48.5 Å². The highest BCUT2D eigenvalue weighted by atomic mass is 35.5. The van der Waals surface area contributed by atoms with Crippen LogP contribution in [0.4, 0.5) is 5.69 Å². The van der Waals surface area contributed by atoms with Crippen molar-refractivity contribution in [3.63, 3.8) is 0 Å². The maximum absolute atomic E-state index is 12.7. The van der Waals surface area contributed by atoms with E-state index in [4.69, 9.17) is 16.3 Å². The van der Waals surface area contributed by atoms with Crippen molar-refractivity contribution in [1.29, 1.82) is 0 Å². The van der Waals surface area contributed by atoms with Crippen molar-refractivity contribution in [2.24, 2.45) is 0 Å². The molecule has 0 fully saturated rings. The summed E-state index contributed by atoms with van der Waals surface area (Å²) in [5.41, 5.74) is 0.969. The van der Waals surface area contributed by atoms with Crippen LogP contribution in [0.25, 0.3) is 0 Å². The van der Waals surface area contributed by atoms with Gasteiger partial charge in [0.05, 0.1) is 0 Å². The van der Waals surface area contributed by atoms with Crippen LogP contribution in [-0.4, -0.2) is 11.5 Å². The van der Waals surface area contributed by atoms with Gasteiger partial charge in [0.25, 0.3) is 5.91 Å². The summed E-state index contributed by atoms with van der Waals surface area (Å²) in [5.74, 6) is 0.796. The van der Waals surface area contributed by atoms with Gasteiger partial charge in [-0.15, -0.1) is 0 Å². The number of rotatable bonds is 6. The first-order valence-corrected chi connectivity index (χ1v) is 8.56. The van der Waals surface area contributed by atoms with E-state index in [1.54, 1.807) is 38.1 Å². The van der Waals surface area contributed by atoms with Gasteiger partial charge >= 0.3 is 0 Å². The average molecular weight is 346 g/mol. The van der Waals surface area contributed by atoms with Crippen molar-refractivity contribution in [3.05, 3.63) is 59.1 Å². The number of hydrogen-bond acceptors (Lipinski definition) is 2. The molecule has 2 aromatic rings. The molecule has 0 saturated carbocycles. The van der Waals surface area contributed by atoms with Crippen molar-refractivity contribution in [1.82, 2.24) is 0 Å². The first-order valence-electron chi connectivity index (χ1n) is 8.18. The number of carbonyl (C=O) groups is 1. The number of nitrogens with one attached hydrogen (secondary N) is 1. The molecule has 0 radical (unpaired) electrons. The van der Waals surface area contributed by atoms with Gasteiger partial charge < -0.3 is 10.1 Å². The Balaban J connectivity index is 2.15. The van der Waals surface area contributed by atoms with Crippen LogP contribution in [-0.2, 0) is 4.79 Å². The molecule has 3 nitrogen and oxygen atoms in total. The van der Waals surface area contributed by atoms with Crippen LogP contribution in [0.1, 0.15) is 45.6 Å². The predicted molar refractivity (Wildman–Crippen MR) is 99.9 cm³/mol. The van der Waals surface area contributed by atoms with E-state index in [1.165, 1.54) is 0 Å². The lowest BCUT2D eigenvalue weighted by Crippen LogP contribution is -2.42. The second kappa shape index (κ2) is 7.71. The number of halogens is 1. The van der Waals surface area contributed by atoms with Crippen molar-refractivity contribution in [2.45, 2.75) is 45.6 Å². The highest BCUT2D eigenvalue weighted by molar-refractivity contribution is 6.30. The van der Waals surface area contributed by atoms with Gasteiger partial charge in [-0.25, -0.2) is 0 Å². The van der Waals surface area contributed by atoms with Gasteiger partial charge in [-0.2, -0.15) is 0 Å². The quantitative estimate of drug-likeness (QED) is 0.734. The highest BCUT2D eigenvalue weighted by Crippen LogP contribution is 2.28. The number of ether oxygens (including phenoxy) is 1. The van der Waals surface area contributed by atoms with E-state index >= 15 is 0 Å². The number of para-hydroxylation sites is 1. The van der Waals surface area contributed by atoms with Crippen LogP contribution in [0.3, 0.4) is 0 Å². The van der Waals surface area contributed by atoms with Gasteiger partial charge in [-0.1, -0.05) is 43.6 Å². The molecule has 0 aliphatic rings. The molecular formula is C20H24ClNO2. The van der Waals surface area contributed by atoms with Gasteiger partial charge in [-0.05, 0) is 62.1 Å². The second-order valence-corrected chi connectivity index (χ2v) is 6.85. The summed E-state index contributed by atoms with van der Waals surface area (Å²) in [6, 6.07) is 14.9. The molecule has 4 heteroatoms. The summed E-state index contributed by atoms with van der Waals surface area (Å²) < 4.78 is 5.85. The normalized spacial score (nSPS) is 12.5. The highest BCUT2D eigenvalue weighted by Gasteiger charge is 2.30. The Hall–Kier alpha value is -2.00. The standard InChI is InChI=1S/C20H24ClNO2/c1-5-14(2)17-8-6-7-9-18(17)22-19(23)20(3,4)24-16-12-10-15(21)11-13-16/h6-14H,5H2,1-4H3,(H,22,23)/t14-/m1/s1. The van der Waals surface area contributed by atoms with Crippen LogP contribution < -0.4 is 10.1 Å². The zero-order chi connectivity index (χ0) is 17.7. The monoisotopic (exact) mass is 345 g/mol. The van der Waals surface area contributed by atoms with Gasteiger partial charge in [0.2, 0.25) is 0 Å². The van der Waals surface area contributed by atoms with Crippen molar-refractivity contribution in [2.75, 3.05) is 5.32 Å². The third-order valence-corrected chi connectivity index (χ3v) is 4.34. The van der Waals surface area contributed by atoms with Gasteiger partial charge in [0.1, 0.15) is 5.75 Å². The molecule has 0 aromatic heterocycles. The van der Waals surface area contributed by atoms with Crippen molar-refractivity contribution < 1.29 is 9.53 Å². The van der Waals surface area contributed by atoms with Gasteiger partial charge in [-0.3, -0.25) is 4.79 Å². The molecule has 2 aromatic carbocycles. The molecule has 1 atom stereocenters. The molecule has 0 bridgehead atoms. The van der Waals surface area contributed by atoms with Gasteiger partial charge in [0, 0.05) is 10.7 Å². The van der Waals surface area contributed by atoms with E-state index < -0.39 is 5.60 Å². The molecular weight excluding hydrogens is 322 g/mol. The van der Waals surface area contributed by atoms with E-state index in [0.717, 1.165) is 17.7 Å². The molecule has 1 N–H and O–H groups in total. The van der Waals surface area contributed by atoms with Crippen LogP contribution in [0.5, 0.6) is 5.75 Å². The minimum Gasteiger partial charge on any atom is -0.478 e. The maximum Gasteiger partial charge on any atom is 0.267 e. The summed E-state index contributed by atoms with van der Waals surface area (Å²) in [5, 5.41) is 3.64. The zero-order valence-corrected chi connectivity index (χ0v) is 15.4. The van der Waals surface area contributed by atoms with Crippen LogP contribution in [0.2, 0.25) is 5.02 Å². The molecule has 128 valence electrons. The number of carbonyl (C=O) groups excluding carboxylic acids is 1. The summed E-state index contributed by atoms with van der Waals surface area (Å²) in [6.45, 7) is 7.79. The lowest BCUT2D eigenvalue weighted by atomic mass is 9.96. The smallest absolute Gasteiger partial charge is 0.267 e. The fourth-order valence-corrected chi connectivity index (χ4v) is 2.50. The Morgan fingerprint density at radius 1 is 1.17 bits per heavy atom. The summed E-state index contributed by atoms with van der Waals surface area (Å²) in [7, 11) is 0. The number of amides is 1. The first kappa shape index (κ1) is 18.3. The average Bonchev–Trinajstić information content (AvgIpc) is 2.56. The summed E-state index contributed by atoms with van der Waals surface area (Å²) >= 11 is 5.88. The molecule has 2 rings (SSSR count). The van der Waals surface area contributed by atoms with E-state index in [2.05, 4.69) is 25.2 Å². The number of anilines is 1. The molecule has 0 saturated heterocycles. The Kier molecular flexibility index (Phi) is 5.89. The minimum atomic E-state index is -1.00. The molecule has 24 heavy (non-hydrogen) atoms. The SMILES string of the molecule is CC[C@@H](C)c1ccccc1NC(=O)C(C)(C)Oc1ccc(Cl)cc1. The largest absolute Gasteiger partial charge is 0.478 e. The number of hydrogen-bond donors (Lipinski definition) is 1. The van der Waals surface area contributed by atoms with Gasteiger partial charge in [0.15, 0.2) is 5.60 Å². The third kappa shape index (κ3) is 4.51. The van der Waals surface area contributed by atoms with E-state index in [-0.39, 0.29) is 5.91 Å². The Labute approximate surface area is 149 Å². The Morgan fingerprint density at radius 2 is 1.79 bits per heavy atom. The molecule has 0 spiro atoms. The van der Waals surface area contributed by atoms with E-state index in [1.807, 2.05) is 18.2 Å². The van der Waals surface area contributed by atoms with Crippen LogP contribution >= 0.6 is 11.6 Å². The fourth-order valence-electron chi connectivity index (χ4n) is 2.38. The van der Waals surface area contributed by atoms with Crippen LogP contribution in [0, 0.1) is 0 Å². The lowest BCUT2D eigenvalue weighted by Gasteiger charge is -2.26. The molecule has 0 unspecified atom stereocenters. The maximum atomic E-state index is 12.7. The Bertz CT molecular complexity index is 695. The Morgan fingerprint density at radius 3 is 2.42 bits per heavy atom.